The zero-order valence-electron chi connectivity index (χ0n) is 18.2. The van der Waals surface area contributed by atoms with E-state index in [1.54, 1.807) is 31.2 Å². The second-order valence-corrected chi connectivity index (χ2v) is 7.72. The minimum atomic E-state index is -1.34. The SMILES string of the molecule is C[C@H](NC(=O)c1ccc(-c2ccccc2)cc1)C(=O)Nc1ccc2[nH]cc(C(=O)O)c(=O)c2c1. The summed E-state index contributed by atoms with van der Waals surface area (Å²) in [6, 6.07) is 20.5. The lowest BCUT2D eigenvalue weighted by Gasteiger charge is -2.15. The lowest BCUT2D eigenvalue weighted by Crippen LogP contribution is -2.41. The molecule has 1 heterocycles. The number of carboxylic acid groups (broad SMARTS) is 1. The Kier molecular flexibility index (Phi) is 6.22. The lowest BCUT2D eigenvalue weighted by molar-refractivity contribution is -0.117. The topological polar surface area (TPSA) is 128 Å². The first kappa shape index (κ1) is 22.5. The number of hydrogen-bond acceptors (Lipinski definition) is 4. The van der Waals surface area contributed by atoms with Crippen molar-refractivity contribution < 1.29 is 19.5 Å². The fourth-order valence-electron chi connectivity index (χ4n) is 3.50. The number of amides is 2. The first-order valence-corrected chi connectivity index (χ1v) is 10.5. The van der Waals surface area contributed by atoms with Crippen molar-refractivity contribution in [3.63, 3.8) is 0 Å². The van der Waals surface area contributed by atoms with Crippen LogP contribution in [0.15, 0.2) is 83.8 Å². The molecule has 4 rings (SSSR count). The van der Waals surface area contributed by atoms with Crippen molar-refractivity contribution in [2.45, 2.75) is 13.0 Å². The van der Waals surface area contributed by atoms with Crippen molar-refractivity contribution in [1.82, 2.24) is 10.3 Å². The molecule has 4 N–H and O–H groups in total. The number of carbonyl (C=O) groups is 3. The van der Waals surface area contributed by atoms with Crippen molar-refractivity contribution in [2.75, 3.05) is 5.32 Å². The Balaban J connectivity index is 1.44. The maximum absolute atomic E-state index is 12.6. The van der Waals surface area contributed by atoms with Crippen LogP contribution in [0.1, 0.15) is 27.6 Å². The molecule has 0 saturated carbocycles. The number of carboxylic acids is 1. The maximum Gasteiger partial charge on any atom is 0.341 e. The molecule has 0 radical (unpaired) electrons. The van der Waals surface area contributed by atoms with Crippen LogP contribution in [0.2, 0.25) is 0 Å². The van der Waals surface area contributed by atoms with E-state index < -0.39 is 34.8 Å². The van der Waals surface area contributed by atoms with Crippen LogP contribution in [-0.4, -0.2) is 33.9 Å². The van der Waals surface area contributed by atoms with E-state index in [1.807, 2.05) is 42.5 Å². The van der Waals surface area contributed by atoms with Gasteiger partial charge in [0, 0.05) is 28.4 Å². The van der Waals surface area contributed by atoms with Crippen LogP contribution in [0.5, 0.6) is 0 Å². The third-order valence-electron chi connectivity index (χ3n) is 5.37. The Morgan fingerprint density at radius 1 is 0.912 bits per heavy atom. The highest BCUT2D eigenvalue weighted by molar-refractivity contribution is 6.02. The number of aromatic carboxylic acids is 1. The molecule has 0 aliphatic heterocycles. The number of aromatic nitrogens is 1. The Bertz CT molecular complexity index is 1440. The maximum atomic E-state index is 12.6. The summed E-state index contributed by atoms with van der Waals surface area (Å²) in [4.78, 5) is 51.5. The average Bonchev–Trinajstić information content (AvgIpc) is 2.85. The molecule has 3 aromatic carbocycles. The lowest BCUT2D eigenvalue weighted by atomic mass is 10.0. The molecule has 1 aromatic heterocycles. The second-order valence-electron chi connectivity index (χ2n) is 7.72. The summed E-state index contributed by atoms with van der Waals surface area (Å²) >= 11 is 0. The van der Waals surface area contributed by atoms with Gasteiger partial charge >= 0.3 is 5.97 Å². The molecule has 0 spiro atoms. The quantitative estimate of drug-likeness (QED) is 0.353. The van der Waals surface area contributed by atoms with Crippen molar-refractivity contribution in [2.24, 2.45) is 0 Å². The smallest absolute Gasteiger partial charge is 0.341 e. The molecule has 0 unspecified atom stereocenters. The van der Waals surface area contributed by atoms with E-state index in [2.05, 4.69) is 15.6 Å². The minimum absolute atomic E-state index is 0.132. The van der Waals surface area contributed by atoms with E-state index in [0.717, 1.165) is 17.3 Å². The van der Waals surface area contributed by atoms with Gasteiger partial charge in [0.1, 0.15) is 11.6 Å². The third-order valence-corrected chi connectivity index (χ3v) is 5.37. The number of carbonyl (C=O) groups excluding carboxylic acids is 2. The predicted octanol–water partition coefficient (Wildman–Crippen LogP) is 3.65. The van der Waals surface area contributed by atoms with E-state index in [1.165, 1.54) is 6.07 Å². The molecular weight excluding hydrogens is 434 g/mol. The molecule has 0 aliphatic carbocycles. The summed E-state index contributed by atoms with van der Waals surface area (Å²) in [7, 11) is 0. The molecule has 0 saturated heterocycles. The molecule has 8 nitrogen and oxygen atoms in total. The molecule has 0 bridgehead atoms. The molecule has 170 valence electrons. The number of rotatable bonds is 6. The van der Waals surface area contributed by atoms with Gasteiger partial charge in [-0.15, -0.1) is 0 Å². The van der Waals surface area contributed by atoms with Crippen molar-refractivity contribution in [3.05, 3.63) is 100 Å². The number of aromatic amines is 1. The molecule has 0 aliphatic rings. The summed E-state index contributed by atoms with van der Waals surface area (Å²) in [5.41, 5.74) is 2.12. The van der Waals surface area contributed by atoms with E-state index in [9.17, 15) is 19.2 Å². The van der Waals surface area contributed by atoms with Crippen LogP contribution in [0, 0.1) is 0 Å². The van der Waals surface area contributed by atoms with Crippen molar-refractivity contribution in [3.8, 4) is 11.1 Å². The monoisotopic (exact) mass is 455 g/mol. The molecule has 1 atom stereocenters. The van der Waals surface area contributed by atoms with Gasteiger partial charge in [-0.1, -0.05) is 42.5 Å². The largest absolute Gasteiger partial charge is 0.477 e. The van der Waals surface area contributed by atoms with Gasteiger partial charge in [-0.25, -0.2) is 4.79 Å². The standard InChI is InChI=1S/C26H21N3O5/c1-15(28-25(32)18-9-7-17(8-10-18)16-5-3-2-4-6-16)24(31)29-19-11-12-22-20(13-19)23(30)21(14-27-22)26(33)34/h2-15H,1H3,(H,27,30)(H,28,32)(H,29,31)(H,33,34)/t15-/m0/s1. The number of nitrogens with one attached hydrogen (secondary N) is 3. The molecule has 0 fully saturated rings. The summed E-state index contributed by atoms with van der Waals surface area (Å²) in [6.07, 6.45) is 1.13. The van der Waals surface area contributed by atoms with Gasteiger partial charge in [0.2, 0.25) is 11.3 Å². The Labute approximate surface area is 194 Å². The highest BCUT2D eigenvalue weighted by atomic mass is 16.4. The zero-order valence-corrected chi connectivity index (χ0v) is 18.2. The molecule has 2 amide bonds. The van der Waals surface area contributed by atoms with Crippen molar-refractivity contribution >= 4 is 34.4 Å². The normalized spacial score (nSPS) is 11.6. The summed E-state index contributed by atoms with van der Waals surface area (Å²) in [5.74, 6) is -2.23. The first-order valence-electron chi connectivity index (χ1n) is 10.5. The van der Waals surface area contributed by atoms with Gasteiger partial charge in [-0.3, -0.25) is 14.4 Å². The van der Waals surface area contributed by atoms with Gasteiger partial charge in [-0.05, 0) is 48.4 Å². The second kappa shape index (κ2) is 9.41. The van der Waals surface area contributed by atoms with E-state index in [0.29, 0.717) is 16.8 Å². The fraction of sp³-hybridized carbons (Fsp3) is 0.0769. The van der Waals surface area contributed by atoms with Gasteiger partial charge < -0.3 is 20.7 Å². The van der Waals surface area contributed by atoms with Gasteiger partial charge in [0.05, 0.1) is 0 Å². The number of pyridine rings is 1. The fourth-order valence-corrected chi connectivity index (χ4v) is 3.50. The molecule has 34 heavy (non-hydrogen) atoms. The Hall–Kier alpha value is -4.72. The van der Waals surface area contributed by atoms with Gasteiger partial charge in [0.25, 0.3) is 5.91 Å². The summed E-state index contributed by atoms with van der Waals surface area (Å²) in [6.45, 7) is 1.54. The molecule has 4 aromatic rings. The Morgan fingerprint density at radius 3 is 2.26 bits per heavy atom. The predicted molar refractivity (Wildman–Crippen MR) is 129 cm³/mol. The van der Waals surface area contributed by atoms with Crippen molar-refractivity contribution in [1.29, 1.82) is 0 Å². The van der Waals surface area contributed by atoms with Crippen LogP contribution in [0.4, 0.5) is 5.69 Å². The third kappa shape index (κ3) is 4.71. The summed E-state index contributed by atoms with van der Waals surface area (Å²) in [5, 5.41) is 14.6. The molecule has 8 heteroatoms. The summed E-state index contributed by atoms with van der Waals surface area (Å²) < 4.78 is 0. The highest BCUT2D eigenvalue weighted by Crippen LogP contribution is 2.19. The number of benzene rings is 3. The zero-order chi connectivity index (χ0) is 24.2. The van der Waals surface area contributed by atoms with E-state index in [4.69, 9.17) is 5.11 Å². The van der Waals surface area contributed by atoms with Crippen LogP contribution < -0.4 is 16.1 Å². The number of anilines is 1. The Morgan fingerprint density at radius 2 is 1.59 bits per heavy atom. The van der Waals surface area contributed by atoms with Crippen LogP contribution in [0.3, 0.4) is 0 Å². The molecular formula is C26H21N3O5. The van der Waals surface area contributed by atoms with E-state index >= 15 is 0 Å². The number of hydrogen-bond donors (Lipinski definition) is 4. The van der Waals surface area contributed by atoms with Crippen LogP contribution >= 0.6 is 0 Å². The number of fused-ring (bicyclic) bond motifs is 1. The van der Waals surface area contributed by atoms with E-state index in [-0.39, 0.29) is 5.39 Å². The average molecular weight is 455 g/mol. The van der Waals surface area contributed by atoms with Crippen LogP contribution in [-0.2, 0) is 4.79 Å². The van der Waals surface area contributed by atoms with Gasteiger partial charge in [0.15, 0.2) is 0 Å². The minimum Gasteiger partial charge on any atom is -0.477 e. The van der Waals surface area contributed by atoms with Crippen LogP contribution in [0.25, 0.3) is 22.0 Å². The van der Waals surface area contributed by atoms with Gasteiger partial charge in [-0.2, -0.15) is 0 Å². The highest BCUT2D eigenvalue weighted by Gasteiger charge is 2.18. The first-order chi connectivity index (χ1) is 16.3. The number of H-pyrrole nitrogens is 1.